The van der Waals surface area contributed by atoms with E-state index in [1.807, 2.05) is 6.92 Å². The number of ketones is 1. The maximum Gasteiger partial charge on any atom is 0.295 e. The van der Waals surface area contributed by atoms with Crippen LogP contribution in [0.15, 0.2) is 54.1 Å². The molecule has 0 unspecified atom stereocenters. The first-order valence-electron chi connectivity index (χ1n) is 9.24. The normalized spacial score (nSPS) is 18.3. The predicted molar refractivity (Wildman–Crippen MR) is 110 cm³/mol. The summed E-state index contributed by atoms with van der Waals surface area (Å²) in [6.45, 7) is 2.86. The lowest BCUT2D eigenvalue weighted by atomic mass is 9.95. The van der Waals surface area contributed by atoms with E-state index in [-0.39, 0.29) is 24.5 Å². The van der Waals surface area contributed by atoms with E-state index in [4.69, 9.17) is 21.1 Å². The highest BCUT2D eigenvalue weighted by molar-refractivity contribution is 6.46. The number of methoxy groups -OCH3 is 1. The highest BCUT2D eigenvalue weighted by atomic mass is 35.5. The number of likely N-dealkylation sites (tertiary alicyclic amines) is 1. The van der Waals surface area contributed by atoms with Gasteiger partial charge in [-0.1, -0.05) is 23.7 Å². The lowest BCUT2D eigenvalue weighted by Gasteiger charge is -2.25. The van der Waals surface area contributed by atoms with Crippen molar-refractivity contribution in [3.63, 3.8) is 0 Å². The zero-order valence-electron chi connectivity index (χ0n) is 16.2. The Bertz CT molecular complexity index is 938. The van der Waals surface area contributed by atoms with E-state index in [0.717, 1.165) is 0 Å². The van der Waals surface area contributed by atoms with Crippen molar-refractivity contribution < 1.29 is 24.2 Å². The number of aliphatic hydroxyl groups is 1. The number of carbonyl (C=O) groups excluding carboxylic acids is 2. The molecule has 1 N–H and O–H groups in total. The van der Waals surface area contributed by atoms with E-state index < -0.39 is 17.7 Å². The number of ether oxygens (including phenoxy) is 2. The summed E-state index contributed by atoms with van der Waals surface area (Å²) in [4.78, 5) is 26.9. The maximum absolute atomic E-state index is 12.8. The fourth-order valence-corrected chi connectivity index (χ4v) is 3.55. The molecule has 2 aromatic rings. The Hall–Kier alpha value is -2.83. The van der Waals surface area contributed by atoms with Gasteiger partial charge in [0.25, 0.3) is 11.7 Å². The van der Waals surface area contributed by atoms with Gasteiger partial charge >= 0.3 is 0 Å². The summed E-state index contributed by atoms with van der Waals surface area (Å²) < 4.78 is 10.5. The third kappa shape index (κ3) is 4.28. The zero-order valence-corrected chi connectivity index (χ0v) is 17.0. The predicted octanol–water partition coefficient (Wildman–Crippen LogP) is 3.81. The van der Waals surface area contributed by atoms with Gasteiger partial charge in [0.15, 0.2) is 0 Å². The molecule has 0 aromatic heterocycles. The van der Waals surface area contributed by atoms with Gasteiger partial charge in [0.2, 0.25) is 0 Å². The second-order valence-electron chi connectivity index (χ2n) is 6.50. The van der Waals surface area contributed by atoms with Crippen molar-refractivity contribution in [3.8, 4) is 5.75 Å². The Morgan fingerprint density at radius 3 is 2.52 bits per heavy atom. The number of carbonyl (C=O) groups is 2. The van der Waals surface area contributed by atoms with Gasteiger partial charge in [-0.15, -0.1) is 0 Å². The van der Waals surface area contributed by atoms with Gasteiger partial charge in [-0.3, -0.25) is 9.59 Å². The summed E-state index contributed by atoms with van der Waals surface area (Å²) in [5.41, 5.74) is 1.09. The molecule has 0 bridgehead atoms. The van der Waals surface area contributed by atoms with Crippen LogP contribution in [-0.2, 0) is 14.3 Å². The molecule has 0 saturated carbocycles. The van der Waals surface area contributed by atoms with E-state index in [9.17, 15) is 14.7 Å². The van der Waals surface area contributed by atoms with Crippen molar-refractivity contribution in [2.45, 2.75) is 13.0 Å². The zero-order chi connectivity index (χ0) is 21.0. The molecule has 1 saturated heterocycles. The Morgan fingerprint density at radius 2 is 1.90 bits per heavy atom. The van der Waals surface area contributed by atoms with Crippen LogP contribution in [0.3, 0.4) is 0 Å². The standard InChI is InChI=1S/C22H22ClNO5/c1-3-29-17-9-7-14(8-10-17)20(25)18-19(15-5-4-6-16(23)13-15)24(11-12-28-2)22(27)21(18)26/h4-10,13,19,25H,3,11-12H2,1-2H3/t19-/m0/s1. The van der Waals surface area contributed by atoms with Crippen molar-refractivity contribution in [2.24, 2.45) is 0 Å². The van der Waals surface area contributed by atoms with Crippen LogP contribution < -0.4 is 4.74 Å². The Labute approximate surface area is 174 Å². The number of hydrogen-bond acceptors (Lipinski definition) is 5. The molecule has 0 radical (unpaired) electrons. The van der Waals surface area contributed by atoms with Crippen LogP contribution in [0.1, 0.15) is 24.1 Å². The van der Waals surface area contributed by atoms with Gasteiger partial charge in [0.1, 0.15) is 11.5 Å². The smallest absolute Gasteiger partial charge is 0.295 e. The van der Waals surface area contributed by atoms with Crippen LogP contribution in [0.2, 0.25) is 5.02 Å². The fraction of sp³-hybridized carbons (Fsp3) is 0.273. The molecule has 1 fully saturated rings. The number of aliphatic hydroxyl groups excluding tert-OH is 1. The molecule has 0 spiro atoms. The number of benzene rings is 2. The molecular weight excluding hydrogens is 394 g/mol. The quantitative estimate of drug-likeness (QED) is 0.423. The molecule has 1 amide bonds. The van der Waals surface area contributed by atoms with E-state index >= 15 is 0 Å². The van der Waals surface area contributed by atoms with Gasteiger partial charge in [0.05, 0.1) is 24.8 Å². The SMILES string of the molecule is CCOc1ccc(C(O)=C2C(=O)C(=O)N(CCOC)[C@H]2c2cccc(Cl)c2)cc1. The second-order valence-corrected chi connectivity index (χ2v) is 6.93. The fourth-order valence-electron chi connectivity index (χ4n) is 3.35. The molecule has 3 rings (SSSR count). The van der Waals surface area contributed by atoms with Gasteiger partial charge in [0, 0.05) is 24.2 Å². The summed E-state index contributed by atoms with van der Waals surface area (Å²) in [6.07, 6.45) is 0. The van der Waals surface area contributed by atoms with Crippen LogP contribution in [0.25, 0.3) is 5.76 Å². The third-order valence-corrected chi connectivity index (χ3v) is 4.91. The number of amides is 1. The third-order valence-electron chi connectivity index (χ3n) is 4.68. The van der Waals surface area contributed by atoms with Gasteiger partial charge in [-0.2, -0.15) is 0 Å². The van der Waals surface area contributed by atoms with Crippen molar-refractivity contribution >= 4 is 29.1 Å². The first kappa shape index (κ1) is 20.9. The highest BCUT2D eigenvalue weighted by Crippen LogP contribution is 2.39. The van der Waals surface area contributed by atoms with Crippen molar-refractivity contribution in [2.75, 3.05) is 26.9 Å². The summed E-state index contributed by atoms with van der Waals surface area (Å²) in [7, 11) is 1.52. The number of rotatable bonds is 7. The van der Waals surface area contributed by atoms with Crippen molar-refractivity contribution in [3.05, 3.63) is 70.3 Å². The molecule has 152 valence electrons. The van der Waals surface area contributed by atoms with E-state index in [0.29, 0.717) is 28.5 Å². The van der Waals surface area contributed by atoms with Crippen molar-refractivity contribution in [1.29, 1.82) is 0 Å². The van der Waals surface area contributed by atoms with E-state index in [2.05, 4.69) is 0 Å². The van der Waals surface area contributed by atoms with Crippen LogP contribution in [0.5, 0.6) is 5.75 Å². The molecule has 1 heterocycles. The first-order chi connectivity index (χ1) is 14.0. The average molecular weight is 416 g/mol. The van der Waals surface area contributed by atoms with Crippen LogP contribution in [0.4, 0.5) is 0 Å². The molecule has 1 aliphatic heterocycles. The molecule has 0 aliphatic carbocycles. The summed E-state index contributed by atoms with van der Waals surface area (Å²) in [6, 6.07) is 12.9. The first-order valence-corrected chi connectivity index (χ1v) is 9.61. The molecule has 7 heteroatoms. The average Bonchev–Trinajstić information content (AvgIpc) is 2.97. The van der Waals surface area contributed by atoms with Gasteiger partial charge in [-0.05, 0) is 48.9 Å². The lowest BCUT2D eigenvalue weighted by molar-refractivity contribution is -0.140. The van der Waals surface area contributed by atoms with Crippen molar-refractivity contribution in [1.82, 2.24) is 4.90 Å². The summed E-state index contributed by atoms with van der Waals surface area (Å²) in [5.74, 6) is -1.01. The van der Waals surface area contributed by atoms with Crippen LogP contribution in [0, 0.1) is 0 Å². The monoisotopic (exact) mass is 415 g/mol. The second kappa shape index (κ2) is 9.11. The van der Waals surface area contributed by atoms with Gasteiger partial charge < -0.3 is 19.5 Å². The minimum absolute atomic E-state index is 0.0255. The van der Waals surface area contributed by atoms with Crippen LogP contribution in [-0.4, -0.2) is 48.6 Å². The molecule has 6 nitrogen and oxygen atoms in total. The number of halogens is 1. The molecule has 29 heavy (non-hydrogen) atoms. The number of Topliss-reactive ketones (excluding diaryl/α,β-unsaturated/α-hetero) is 1. The molecule has 1 aliphatic rings. The highest BCUT2D eigenvalue weighted by Gasteiger charge is 2.45. The maximum atomic E-state index is 12.8. The van der Waals surface area contributed by atoms with Crippen LogP contribution >= 0.6 is 11.6 Å². The Balaban J connectivity index is 2.10. The minimum atomic E-state index is -0.754. The Kier molecular flexibility index (Phi) is 6.56. The summed E-state index contributed by atoms with van der Waals surface area (Å²) in [5, 5.41) is 11.4. The topological polar surface area (TPSA) is 76.1 Å². The minimum Gasteiger partial charge on any atom is -0.507 e. The van der Waals surface area contributed by atoms with Gasteiger partial charge in [-0.25, -0.2) is 0 Å². The number of hydrogen-bond donors (Lipinski definition) is 1. The van der Waals surface area contributed by atoms with E-state index in [1.54, 1.807) is 48.5 Å². The van der Waals surface area contributed by atoms with E-state index in [1.165, 1.54) is 12.0 Å². The lowest BCUT2D eigenvalue weighted by Crippen LogP contribution is -2.32. The molecular formula is C22H22ClNO5. The molecule has 1 atom stereocenters. The molecule has 2 aromatic carbocycles. The summed E-state index contributed by atoms with van der Waals surface area (Å²) >= 11 is 6.13. The largest absolute Gasteiger partial charge is 0.507 e. The number of nitrogens with zero attached hydrogens (tertiary/aromatic N) is 1. The Morgan fingerprint density at radius 1 is 1.17 bits per heavy atom.